The monoisotopic (exact) mass is 295 g/mol. The minimum atomic E-state index is -0.965. The molecule has 0 radical (unpaired) electrons. The van der Waals surface area contributed by atoms with Gasteiger partial charge in [-0.05, 0) is 18.1 Å². The van der Waals surface area contributed by atoms with E-state index < -0.39 is 5.97 Å². The summed E-state index contributed by atoms with van der Waals surface area (Å²) in [4.78, 5) is 13.0. The van der Waals surface area contributed by atoms with E-state index in [0.717, 1.165) is 12.2 Å². The lowest BCUT2D eigenvalue weighted by atomic mass is 10.1. The molecule has 1 aromatic rings. The molecule has 108 valence electrons. The number of benzene rings is 1. The number of anilines is 1. The van der Waals surface area contributed by atoms with Gasteiger partial charge in [0.2, 0.25) is 0 Å². The standard InChI is InChI=1S/C15H18ClNO3/c1-9(2)7-17(3)13-6-14-10(5-12(13)16)4-11(8-20-14)15(18)19/h4-6,9H,7-8H2,1-3H3,(H,18,19). The number of carbonyl (C=O) groups is 1. The Bertz CT molecular complexity index is 566. The van der Waals surface area contributed by atoms with Gasteiger partial charge >= 0.3 is 5.97 Å². The summed E-state index contributed by atoms with van der Waals surface area (Å²) in [5.74, 6) is 0.226. The molecule has 2 rings (SSSR count). The van der Waals surface area contributed by atoms with Crippen LogP contribution in [-0.2, 0) is 4.79 Å². The van der Waals surface area contributed by atoms with Gasteiger partial charge in [-0.15, -0.1) is 0 Å². The molecule has 20 heavy (non-hydrogen) atoms. The van der Waals surface area contributed by atoms with Gasteiger partial charge in [0.1, 0.15) is 12.4 Å². The first-order valence-corrected chi connectivity index (χ1v) is 6.87. The molecule has 0 amide bonds. The van der Waals surface area contributed by atoms with E-state index in [9.17, 15) is 4.79 Å². The Balaban J connectivity index is 2.35. The predicted octanol–water partition coefficient (Wildman–Crippen LogP) is 3.29. The zero-order valence-corrected chi connectivity index (χ0v) is 12.6. The number of rotatable bonds is 4. The van der Waals surface area contributed by atoms with Gasteiger partial charge in [-0.3, -0.25) is 0 Å². The Morgan fingerprint density at radius 1 is 1.50 bits per heavy atom. The molecule has 1 aliphatic heterocycles. The highest BCUT2D eigenvalue weighted by atomic mass is 35.5. The van der Waals surface area contributed by atoms with Crippen LogP contribution in [0, 0.1) is 5.92 Å². The highest BCUT2D eigenvalue weighted by molar-refractivity contribution is 6.33. The van der Waals surface area contributed by atoms with E-state index in [2.05, 4.69) is 18.7 Å². The molecule has 1 heterocycles. The first-order valence-electron chi connectivity index (χ1n) is 6.50. The maximum atomic E-state index is 11.0. The first-order chi connectivity index (χ1) is 9.38. The van der Waals surface area contributed by atoms with E-state index in [1.807, 2.05) is 13.1 Å². The molecule has 1 aromatic carbocycles. The van der Waals surface area contributed by atoms with Crippen molar-refractivity contribution in [1.29, 1.82) is 0 Å². The lowest BCUT2D eigenvalue weighted by Crippen LogP contribution is -2.23. The Hall–Kier alpha value is -1.68. The predicted molar refractivity (Wildman–Crippen MR) is 80.7 cm³/mol. The van der Waals surface area contributed by atoms with Crippen LogP contribution in [-0.4, -0.2) is 31.3 Å². The van der Waals surface area contributed by atoms with Crippen molar-refractivity contribution in [2.45, 2.75) is 13.8 Å². The molecular formula is C15H18ClNO3. The molecule has 0 spiro atoms. The summed E-state index contributed by atoms with van der Waals surface area (Å²) in [6.45, 7) is 5.24. The highest BCUT2D eigenvalue weighted by Gasteiger charge is 2.19. The van der Waals surface area contributed by atoms with Gasteiger partial charge in [-0.25, -0.2) is 4.79 Å². The van der Waals surface area contributed by atoms with Gasteiger partial charge in [0, 0.05) is 25.2 Å². The molecule has 4 nitrogen and oxygen atoms in total. The van der Waals surface area contributed by atoms with Crippen LogP contribution < -0.4 is 9.64 Å². The number of ether oxygens (including phenoxy) is 1. The first kappa shape index (κ1) is 14.7. The maximum absolute atomic E-state index is 11.0. The number of hydrogen-bond acceptors (Lipinski definition) is 3. The van der Waals surface area contributed by atoms with Crippen molar-refractivity contribution in [3.05, 3.63) is 28.3 Å². The fraction of sp³-hybridized carbons (Fsp3) is 0.400. The van der Waals surface area contributed by atoms with E-state index >= 15 is 0 Å². The van der Waals surface area contributed by atoms with Crippen LogP contribution in [0.2, 0.25) is 5.02 Å². The fourth-order valence-corrected chi connectivity index (χ4v) is 2.56. The summed E-state index contributed by atoms with van der Waals surface area (Å²) in [5.41, 5.74) is 1.84. The van der Waals surface area contributed by atoms with Gasteiger partial charge in [-0.1, -0.05) is 25.4 Å². The van der Waals surface area contributed by atoms with Gasteiger partial charge in [-0.2, -0.15) is 0 Å². The minimum Gasteiger partial charge on any atom is -0.488 e. The molecule has 0 unspecified atom stereocenters. The Morgan fingerprint density at radius 3 is 2.80 bits per heavy atom. The zero-order valence-electron chi connectivity index (χ0n) is 11.8. The molecule has 5 heteroatoms. The zero-order chi connectivity index (χ0) is 14.9. The van der Waals surface area contributed by atoms with Crippen LogP contribution in [0.3, 0.4) is 0 Å². The molecule has 0 bridgehead atoms. The largest absolute Gasteiger partial charge is 0.488 e. The van der Waals surface area contributed by atoms with Crippen molar-refractivity contribution in [3.8, 4) is 5.75 Å². The van der Waals surface area contributed by atoms with Crippen molar-refractivity contribution >= 4 is 29.3 Å². The Morgan fingerprint density at radius 2 is 2.20 bits per heavy atom. The van der Waals surface area contributed by atoms with Gasteiger partial charge in [0.15, 0.2) is 0 Å². The molecule has 0 saturated heterocycles. The third kappa shape index (κ3) is 3.07. The average molecular weight is 296 g/mol. The minimum absolute atomic E-state index is 0.0807. The molecule has 0 aromatic heterocycles. The van der Waals surface area contributed by atoms with Gasteiger partial charge in [0.05, 0.1) is 16.3 Å². The SMILES string of the molecule is CC(C)CN(C)c1cc2c(cc1Cl)C=C(C(=O)O)CO2. The van der Waals surface area contributed by atoms with E-state index in [-0.39, 0.29) is 12.2 Å². The number of aliphatic carboxylic acids is 1. The van der Waals surface area contributed by atoms with Crippen LogP contribution >= 0.6 is 11.6 Å². The average Bonchev–Trinajstić information content (AvgIpc) is 2.36. The van der Waals surface area contributed by atoms with E-state index in [1.165, 1.54) is 0 Å². The van der Waals surface area contributed by atoms with Crippen LogP contribution in [0.15, 0.2) is 17.7 Å². The van der Waals surface area contributed by atoms with Crippen LogP contribution in [0.1, 0.15) is 19.4 Å². The summed E-state index contributed by atoms with van der Waals surface area (Å²) in [7, 11) is 1.98. The number of hydrogen-bond donors (Lipinski definition) is 1. The summed E-state index contributed by atoms with van der Waals surface area (Å²) < 4.78 is 5.51. The maximum Gasteiger partial charge on any atom is 0.335 e. The number of halogens is 1. The van der Waals surface area contributed by atoms with E-state index in [1.54, 1.807) is 12.1 Å². The van der Waals surface area contributed by atoms with E-state index in [0.29, 0.717) is 22.3 Å². The van der Waals surface area contributed by atoms with Crippen molar-refractivity contribution in [2.24, 2.45) is 5.92 Å². The molecule has 0 atom stereocenters. The normalized spacial score (nSPS) is 13.6. The third-order valence-electron chi connectivity index (χ3n) is 3.12. The smallest absolute Gasteiger partial charge is 0.335 e. The topological polar surface area (TPSA) is 49.8 Å². The highest BCUT2D eigenvalue weighted by Crippen LogP contribution is 2.36. The van der Waals surface area contributed by atoms with Gasteiger partial charge in [0.25, 0.3) is 0 Å². The quantitative estimate of drug-likeness (QED) is 0.926. The summed E-state index contributed by atoms with van der Waals surface area (Å²) in [6.07, 6.45) is 1.61. The molecule has 0 fully saturated rings. The molecule has 1 aliphatic rings. The van der Waals surface area contributed by atoms with Crippen molar-refractivity contribution in [3.63, 3.8) is 0 Å². The van der Waals surface area contributed by atoms with Crippen LogP contribution in [0.4, 0.5) is 5.69 Å². The van der Waals surface area contributed by atoms with Gasteiger partial charge < -0.3 is 14.7 Å². The van der Waals surface area contributed by atoms with Crippen molar-refractivity contribution in [2.75, 3.05) is 25.1 Å². The molecular weight excluding hydrogens is 278 g/mol. The summed E-state index contributed by atoms with van der Waals surface area (Å²) in [6, 6.07) is 3.63. The summed E-state index contributed by atoms with van der Waals surface area (Å²) in [5, 5.41) is 9.58. The van der Waals surface area contributed by atoms with E-state index in [4.69, 9.17) is 21.4 Å². The van der Waals surface area contributed by atoms with Crippen molar-refractivity contribution < 1.29 is 14.6 Å². The summed E-state index contributed by atoms with van der Waals surface area (Å²) >= 11 is 6.29. The molecule has 1 N–H and O–H groups in total. The lowest BCUT2D eigenvalue weighted by Gasteiger charge is -2.25. The molecule has 0 aliphatic carbocycles. The Labute approximate surface area is 123 Å². The second kappa shape index (κ2) is 5.75. The second-order valence-electron chi connectivity index (χ2n) is 5.38. The second-order valence-corrected chi connectivity index (χ2v) is 5.79. The van der Waals surface area contributed by atoms with Crippen molar-refractivity contribution in [1.82, 2.24) is 0 Å². The molecule has 0 saturated carbocycles. The number of carboxylic acids is 1. The van der Waals surface area contributed by atoms with Crippen LogP contribution in [0.25, 0.3) is 6.08 Å². The third-order valence-corrected chi connectivity index (χ3v) is 3.42. The lowest BCUT2D eigenvalue weighted by molar-refractivity contribution is -0.132. The fourth-order valence-electron chi connectivity index (χ4n) is 2.24. The number of nitrogens with zero attached hydrogens (tertiary/aromatic N) is 1. The number of fused-ring (bicyclic) bond motifs is 1. The Kier molecular flexibility index (Phi) is 4.23. The van der Waals surface area contributed by atoms with Crippen LogP contribution in [0.5, 0.6) is 5.75 Å². The number of carboxylic acid groups (broad SMARTS) is 1.